The summed E-state index contributed by atoms with van der Waals surface area (Å²) in [5.74, 6) is -0.982. The topological polar surface area (TPSA) is 68.5 Å². The van der Waals surface area contributed by atoms with Gasteiger partial charge < -0.3 is 14.5 Å². The zero-order chi connectivity index (χ0) is 17.6. The van der Waals surface area contributed by atoms with Crippen molar-refractivity contribution in [3.8, 4) is 0 Å². The number of ether oxygens (including phenoxy) is 1. The number of carbonyl (C=O) groups is 2. The fourth-order valence-electron chi connectivity index (χ4n) is 1.66. The highest BCUT2D eigenvalue weighted by molar-refractivity contribution is 5.94. The Morgan fingerprint density at radius 1 is 1.17 bits per heavy atom. The minimum Gasteiger partial charge on any atom is -0.465 e. The smallest absolute Gasteiger partial charge is 0.416 e. The molecule has 5 nitrogen and oxygen atoms in total. The molecule has 0 aliphatic rings. The maximum atomic E-state index is 12.4. The van der Waals surface area contributed by atoms with Crippen molar-refractivity contribution in [2.75, 3.05) is 11.9 Å². The molecule has 1 aromatic carbocycles. The van der Waals surface area contributed by atoms with E-state index in [1.165, 1.54) is 12.3 Å². The van der Waals surface area contributed by atoms with Crippen molar-refractivity contribution in [1.82, 2.24) is 0 Å². The van der Waals surface area contributed by atoms with Crippen LogP contribution < -0.4 is 5.32 Å². The molecule has 0 bridgehead atoms. The highest BCUT2D eigenvalue weighted by atomic mass is 19.4. The molecule has 0 unspecified atom stereocenters. The third kappa shape index (κ3) is 5.31. The van der Waals surface area contributed by atoms with Crippen LogP contribution in [0.3, 0.4) is 0 Å². The number of halogens is 3. The molecule has 0 aliphatic heterocycles. The number of furan rings is 1. The summed E-state index contributed by atoms with van der Waals surface area (Å²) in [5, 5.41) is 2.32. The molecule has 24 heavy (non-hydrogen) atoms. The number of anilines is 1. The van der Waals surface area contributed by atoms with E-state index in [-0.39, 0.29) is 5.69 Å². The lowest BCUT2D eigenvalue weighted by Crippen LogP contribution is -2.20. The highest BCUT2D eigenvalue weighted by Gasteiger charge is 2.29. The summed E-state index contributed by atoms with van der Waals surface area (Å²) in [6.07, 6.45) is -0.554. The van der Waals surface area contributed by atoms with Crippen LogP contribution in [0.4, 0.5) is 18.9 Å². The third-order valence-corrected chi connectivity index (χ3v) is 2.77. The normalized spacial score (nSPS) is 11.5. The van der Waals surface area contributed by atoms with E-state index in [9.17, 15) is 22.8 Å². The number of hydrogen-bond donors (Lipinski definition) is 1. The number of benzene rings is 1. The van der Waals surface area contributed by atoms with Gasteiger partial charge in [0.1, 0.15) is 5.76 Å². The van der Waals surface area contributed by atoms with Crippen LogP contribution in [0.2, 0.25) is 0 Å². The first kappa shape index (κ1) is 17.3. The number of esters is 1. The van der Waals surface area contributed by atoms with E-state index in [1.54, 1.807) is 12.1 Å². The van der Waals surface area contributed by atoms with Gasteiger partial charge in [0.15, 0.2) is 6.61 Å². The van der Waals surface area contributed by atoms with Gasteiger partial charge in [-0.25, -0.2) is 4.79 Å². The lowest BCUT2D eigenvalue weighted by Gasteiger charge is -2.08. The first-order chi connectivity index (χ1) is 11.3. The number of nitrogens with one attached hydrogen (secondary N) is 1. The molecule has 0 aliphatic carbocycles. The van der Waals surface area contributed by atoms with Gasteiger partial charge in [-0.15, -0.1) is 0 Å². The number of amides is 1. The second kappa shape index (κ2) is 7.49. The van der Waals surface area contributed by atoms with Gasteiger partial charge in [0, 0.05) is 11.8 Å². The minimum atomic E-state index is -4.45. The predicted molar refractivity (Wildman–Crippen MR) is 78.8 cm³/mol. The Hall–Kier alpha value is -3.03. The first-order valence-corrected chi connectivity index (χ1v) is 6.70. The van der Waals surface area contributed by atoms with E-state index in [0.717, 1.165) is 30.3 Å². The number of carbonyl (C=O) groups excluding carboxylic acids is 2. The number of hydrogen-bond acceptors (Lipinski definition) is 4. The summed E-state index contributed by atoms with van der Waals surface area (Å²) >= 11 is 0. The fourth-order valence-corrected chi connectivity index (χ4v) is 1.66. The van der Waals surface area contributed by atoms with Gasteiger partial charge in [-0.05, 0) is 42.5 Å². The Morgan fingerprint density at radius 2 is 1.88 bits per heavy atom. The van der Waals surface area contributed by atoms with Gasteiger partial charge in [-0.3, -0.25) is 4.79 Å². The Morgan fingerprint density at radius 3 is 2.46 bits per heavy atom. The van der Waals surface area contributed by atoms with E-state index >= 15 is 0 Å². The van der Waals surface area contributed by atoms with Crippen molar-refractivity contribution in [2.24, 2.45) is 0 Å². The van der Waals surface area contributed by atoms with E-state index in [4.69, 9.17) is 9.15 Å². The molecule has 0 atom stereocenters. The molecule has 8 heteroatoms. The standard InChI is InChI=1S/C16H12F3NO4/c17-16(18,19)11-3-5-12(6-4-11)20-14(21)10-24-15(22)8-7-13-2-1-9-23-13/h1-9H,10H2,(H,20,21). The second-order valence-corrected chi connectivity index (χ2v) is 4.58. The summed E-state index contributed by atoms with van der Waals surface area (Å²) in [6, 6.07) is 7.17. The van der Waals surface area contributed by atoms with Crippen molar-refractivity contribution in [1.29, 1.82) is 0 Å². The summed E-state index contributed by atoms with van der Waals surface area (Å²) in [7, 11) is 0. The van der Waals surface area contributed by atoms with Crippen LogP contribution in [0.25, 0.3) is 6.08 Å². The fraction of sp³-hybridized carbons (Fsp3) is 0.125. The molecular formula is C16H12F3NO4. The zero-order valence-electron chi connectivity index (χ0n) is 12.2. The van der Waals surface area contributed by atoms with E-state index in [1.807, 2.05) is 0 Å². The molecule has 2 aromatic rings. The van der Waals surface area contributed by atoms with Crippen LogP contribution in [0.1, 0.15) is 11.3 Å². The molecule has 1 amide bonds. The summed E-state index contributed by atoms with van der Waals surface area (Å²) in [6.45, 7) is -0.567. The summed E-state index contributed by atoms with van der Waals surface area (Å²) < 4.78 is 46.9. The highest BCUT2D eigenvalue weighted by Crippen LogP contribution is 2.29. The third-order valence-electron chi connectivity index (χ3n) is 2.77. The SMILES string of the molecule is O=C(COC(=O)C=Cc1ccco1)Nc1ccc(C(F)(F)F)cc1. The molecule has 0 spiro atoms. The van der Waals surface area contributed by atoms with Crippen LogP contribution in [-0.4, -0.2) is 18.5 Å². The minimum absolute atomic E-state index is 0.162. The van der Waals surface area contributed by atoms with Crippen LogP contribution in [0.5, 0.6) is 0 Å². The average Bonchev–Trinajstić information content (AvgIpc) is 3.04. The monoisotopic (exact) mass is 339 g/mol. The first-order valence-electron chi connectivity index (χ1n) is 6.70. The summed E-state index contributed by atoms with van der Waals surface area (Å²) in [5.41, 5.74) is -0.662. The Kier molecular flexibility index (Phi) is 5.41. The molecule has 0 saturated heterocycles. The van der Waals surface area contributed by atoms with Crippen LogP contribution in [-0.2, 0) is 20.5 Å². The molecule has 0 saturated carbocycles. The molecule has 1 aromatic heterocycles. The quantitative estimate of drug-likeness (QED) is 0.669. The van der Waals surface area contributed by atoms with E-state index in [2.05, 4.69) is 5.32 Å². The zero-order valence-corrected chi connectivity index (χ0v) is 12.2. The Labute approximate surface area is 134 Å². The Balaban J connectivity index is 1.79. The van der Waals surface area contributed by atoms with Crippen molar-refractivity contribution in [3.05, 3.63) is 60.1 Å². The molecule has 1 N–H and O–H groups in total. The van der Waals surface area contributed by atoms with Gasteiger partial charge >= 0.3 is 12.1 Å². The molecule has 0 radical (unpaired) electrons. The molecule has 2 rings (SSSR count). The molecule has 1 heterocycles. The van der Waals surface area contributed by atoms with E-state index < -0.39 is 30.2 Å². The van der Waals surface area contributed by atoms with Crippen LogP contribution in [0, 0.1) is 0 Å². The maximum Gasteiger partial charge on any atom is 0.416 e. The van der Waals surface area contributed by atoms with Crippen LogP contribution in [0.15, 0.2) is 53.2 Å². The van der Waals surface area contributed by atoms with Gasteiger partial charge in [0.2, 0.25) is 0 Å². The van der Waals surface area contributed by atoms with E-state index in [0.29, 0.717) is 5.76 Å². The number of rotatable bonds is 5. The second-order valence-electron chi connectivity index (χ2n) is 4.58. The largest absolute Gasteiger partial charge is 0.465 e. The Bertz CT molecular complexity index is 719. The molecule has 126 valence electrons. The van der Waals surface area contributed by atoms with Gasteiger partial charge in [-0.2, -0.15) is 13.2 Å². The number of alkyl halides is 3. The maximum absolute atomic E-state index is 12.4. The lowest BCUT2D eigenvalue weighted by molar-refractivity contribution is -0.142. The van der Waals surface area contributed by atoms with Crippen LogP contribution >= 0.6 is 0 Å². The van der Waals surface area contributed by atoms with Crippen molar-refractivity contribution >= 4 is 23.6 Å². The average molecular weight is 339 g/mol. The lowest BCUT2D eigenvalue weighted by atomic mass is 10.2. The van der Waals surface area contributed by atoms with Crippen molar-refractivity contribution < 1.29 is 31.9 Å². The van der Waals surface area contributed by atoms with Crippen molar-refractivity contribution in [3.63, 3.8) is 0 Å². The van der Waals surface area contributed by atoms with Crippen molar-refractivity contribution in [2.45, 2.75) is 6.18 Å². The van der Waals surface area contributed by atoms with Gasteiger partial charge in [0.05, 0.1) is 11.8 Å². The molecular weight excluding hydrogens is 327 g/mol. The molecule has 0 fully saturated rings. The van der Waals surface area contributed by atoms with Gasteiger partial charge in [-0.1, -0.05) is 0 Å². The summed E-state index contributed by atoms with van der Waals surface area (Å²) in [4.78, 5) is 23.0. The van der Waals surface area contributed by atoms with Gasteiger partial charge in [0.25, 0.3) is 5.91 Å². The predicted octanol–water partition coefficient (Wildman–Crippen LogP) is 3.49.